The van der Waals surface area contributed by atoms with E-state index in [4.69, 9.17) is 36.8 Å². The fourth-order valence-corrected chi connectivity index (χ4v) is 14.2. The highest BCUT2D eigenvalue weighted by Crippen LogP contribution is 2.38. The Morgan fingerprint density at radius 3 is 0.911 bits per heavy atom. The van der Waals surface area contributed by atoms with Crippen LogP contribution < -0.4 is 40.8 Å². The summed E-state index contributed by atoms with van der Waals surface area (Å²) in [6.45, 7) is 19.8. The summed E-state index contributed by atoms with van der Waals surface area (Å²) in [7, 11) is 4.75. The van der Waals surface area contributed by atoms with Crippen molar-refractivity contribution in [2.45, 2.75) is 57.8 Å². The number of benzene rings is 8. The zero-order valence-corrected chi connectivity index (χ0v) is 62.8. The number of ether oxygens (including phenoxy) is 5. The molecule has 11 aromatic rings. The van der Waals surface area contributed by atoms with Gasteiger partial charge in [-0.1, -0.05) is 250 Å². The smallest absolute Gasteiger partial charge is 0.278 e. The minimum atomic E-state index is -0.683. The monoisotopic (exact) mass is 1500 g/mol. The lowest BCUT2D eigenvalue weighted by atomic mass is 9.98. The number of fused-ring (bicyclic) bond motifs is 3. The minimum absolute atomic E-state index is 0.0328. The van der Waals surface area contributed by atoms with Crippen molar-refractivity contribution in [3.8, 4) is 17.2 Å². The van der Waals surface area contributed by atoms with Gasteiger partial charge in [0.1, 0.15) is 44.6 Å². The molecule has 112 heavy (non-hydrogen) atoms. The number of aromatic hydroxyl groups is 1. The number of pyridine rings is 3. The summed E-state index contributed by atoms with van der Waals surface area (Å²) >= 11 is 0. The van der Waals surface area contributed by atoms with Crippen molar-refractivity contribution in [1.29, 1.82) is 0 Å². The molecule has 570 valence electrons. The van der Waals surface area contributed by atoms with E-state index < -0.39 is 22.5 Å². The van der Waals surface area contributed by atoms with Crippen molar-refractivity contribution in [1.82, 2.24) is 28.7 Å². The van der Waals surface area contributed by atoms with Gasteiger partial charge in [-0.3, -0.25) is 48.5 Å². The van der Waals surface area contributed by atoms with Crippen molar-refractivity contribution in [3.05, 3.63) is 393 Å². The van der Waals surface area contributed by atoms with Crippen molar-refractivity contribution < 1.29 is 43.2 Å². The summed E-state index contributed by atoms with van der Waals surface area (Å²) < 4.78 is 33.3. The number of hydrogen-bond acceptors (Lipinski definition) is 15. The lowest BCUT2D eigenvalue weighted by Crippen LogP contribution is -2.57. The molecule has 0 atom stereocenters. The van der Waals surface area contributed by atoms with Crippen LogP contribution in [-0.4, -0.2) is 132 Å². The van der Waals surface area contributed by atoms with E-state index in [0.29, 0.717) is 57.4 Å². The predicted molar refractivity (Wildman–Crippen MR) is 427 cm³/mol. The van der Waals surface area contributed by atoms with Gasteiger partial charge in [-0.05, 0) is 50.9 Å². The lowest BCUT2D eigenvalue weighted by molar-refractivity contribution is 0.0604. The topological polar surface area (TPSA) is 212 Å². The van der Waals surface area contributed by atoms with Crippen LogP contribution in [0.5, 0.6) is 17.2 Å². The van der Waals surface area contributed by atoms with E-state index >= 15 is 0 Å². The van der Waals surface area contributed by atoms with Crippen LogP contribution in [0.2, 0.25) is 0 Å². The van der Waals surface area contributed by atoms with E-state index in [0.717, 1.165) is 50.2 Å². The number of carbonyl (C=O) groups excluding carboxylic acids is 3. The molecule has 23 heteroatoms. The van der Waals surface area contributed by atoms with Gasteiger partial charge < -0.3 is 53.2 Å². The van der Waals surface area contributed by atoms with Gasteiger partial charge in [-0.15, -0.1) is 0 Å². The van der Waals surface area contributed by atoms with E-state index in [1.807, 2.05) is 240 Å². The second kappa shape index (κ2) is 37.7. The molecule has 0 spiro atoms. The number of carbonyl (C=O) groups is 3. The van der Waals surface area contributed by atoms with Crippen molar-refractivity contribution in [2.75, 3.05) is 95.8 Å². The molecule has 0 aliphatic carbocycles. The fourth-order valence-electron chi connectivity index (χ4n) is 14.2. The van der Waals surface area contributed by atoms with Gasteiger partial charge >= 0.3 is 0 Å². The Labute approximate surface area is 650 Å². The normalized spacial score (nSPS) is 13.0. The van der Waals surface area contributed by atoms with Crippen LogP contribution in [0, 0.1) is 13.1 Å². The van der Waals surface area contributed by atoms with Crippen LogP contribution in [0.1, 0.15) is 118 Å². The first-order valence-corrected chi connectivity index (χ1v) is 36.8. The standard InChI is InChI=1S/C32H30N4O4.C32H33N3O4.C25H24N4O4/c1-33-21-27-20-28(37)31(40-22-24-12-6-3-7-13-24)30-32(38)34(18-19-39-2)23-35(36(27)30)29(25-14-8-4-9-15-25)26-16-10-5-11-17-26;1-3-27-21-28(36)31(39-22-24-13-7-4-8-14-24)30-32(37)33(19-20-38-2)23-34(35(27)30)29(25-15-9-5-10-16-25)26-17-11-6-12-18-26;1-26-16-20-15-21(30)24(31)23-25(32)27(13-14-33-2)17-28(29(20)23)22(18-9-5-3-6-10-18)19-11-7-4-8-12-19/h3-17,20,29H,18-19,21-23H2,2H3;4-18,21,29H,3,19-20,22-23H2,1-2H3;3-12,15,22,31H,13-14,16-17H2,2H3. The molecule has 14 rings (SSSR count). The highest BCUT2D eigenvalue weighted by molar-refractivity contribution is 5.98. The summed E-state index contributed by atoms with van der Waals surface area (Å²) in [4.78, 5) is 92.7. The molecule has 0 unspecified atom stereocenters. The second-order valence-electron chi connectivity index (χ2n) is 26.6. The number of amides is 3. The Balaban J connectivity index is 0.000000157. The molecule has 23 nitrogen and oxygen atoms in total. The second-order valence-corrected chi connectivity index (χ2v) is 26.6. The highest BCUT2D eigenvalue weighted by Gasteiger charge is 2.43. The molecule has 1 N–H and O–H groups in total. The number of methoxy groups -OCH3 is 3. The Morgan fingerprint density at radius 2 is 0.625 bits per heavy atom. The van der Waals surface area contributed by atoms with Gasteiger partial charge in [0, 0.05) is 64.9 Å². The zero-order valence-electron chi connectivity index (χ0n) is 62.8. The van der Waals surface area contributed by atoms with Crippen LogP contribution >= 0.6 is 0 Å². The molecule has 3 amide bonds. The van der Waals surface area contributed by atoms with Crippen molar-refractivity contribution in [3.63, 3.8) is 0 Å². The maximum Gasteiger partial charge on any atom is 0.278 e. The van der Waals surface area contributed by atoms with Crippen molar-refractivity contribution in [2.24, 2.45) is 0 Å². The largest absolute Gasteiger partial charge is 0.502 e. The van der Waals surface area contributed by atoms with E-state index in [1.165, 1.54) is 12.1 Å². The van der Waals surface area contributed by atoms with Crippen LogP contribution in [0.4, 0.5) is 0 Å². The SMILES string of the molecule is CCc1cc(=O)c(OCc2ccccc2)c2n1N(C(c1ccccc1)c1ccccc1)CN(CCOC)C2=O.[C-]#[N+]Cc1cc(=O)c(O)c2n1N(C(c1ccccc1)c1ccccc1)CN(CCOC)C2=O.[C-]#[N+]Cc1cc(=O)c(OCc2ccccc2)c2n1N(C(c1ccccc1)c1ccccc1)CN(CCOC)C2=O. The zero-order chi connectivity index (χ0) is 78.5. The molecule has 0 radical (unpaired) electrons. The minimum Gasteiger partial charge on any atom is -0.502 e. The summed E-state index contributed by atoms with van der Waals surface area (Å²) in [6, 6.07) is 82.5. The third-order valence-electron chi connectivity index (χ3n) is 19.4. The van der Waals surface area contributed by atoms with E-state index in [-0.39, 0.29) is 110 Å². The number of aromatic nitrogens is 3. The molecule has 8 aromatic carbocycles. The quantitative estimate of drug-likeness (QED) is 0.0474. The average molecular weight is 1500 g/mol. The van der Waals surface area contributed by atoms with E-state index in [9.17, 15) is 33.9 Å². The molecular formula is C89H87N11O12. The maximum atomic E-state index is 14.0. The van der Waals surface area contributed by atoms with Gasteiger partial charge in [0.2, 0.25) is 16.3 Å². The summed E-state index contributed by atoms with van der Waals surface area (Å²) in [6.07, 6.45) is 0.569. The van der Waals surface area contributed by atoms with Gasteiger partial charge in [-0.25, -0.2) is 22.5 Å². The molecular weight excluding hydrogens is 1420 g/mol. The maximum absolute atomic E-state index is 14.0. The van der Waals surface area contributed by atoms with E-state index in [1.54, 1.807) is 51.4 Å². The summed E-state index contributed by atoms with van der Waals surface area (Å²) in [5.74, 6) is -1.67. The molecule has 3 aliphatic rings. The van der Waals surface area contributed by atoms with Crippen LogP contribution in [-0.2, 0) is 46.9 Å². The molecule has 0 bridgehead atoms. The Kier molecular flexibility index (Phi) is 26.3. The van der Waals surface area contributed by atoms with Crippen molar-refractivity contribution >= 4 is 17.7 Å². The van der Waals surface area contributed by atoms with Gasteiger partial charge in [0.15, 0.2) is 34.3 Å². The van der Waals surface area contributed by atoms with Crippen LogP contribution in [0.15, 0.2) is 275 Å². The molecule has 3 aromatic heterocycles. The molecule has 0 saturated carbocycles. The number of hydrogen-bond donors (Lipinski definition) is 1. The lowest BCUT2D eigenvalue weighted by Gasteiger charge is -2.45. The Morgan fingerprint density at radius 1 is 0.366 bits per heavy atom. The summed E-state index contributed by atoms with van der Waals surface area (Å²) in [5, 5.41) is 16.8. The molecule has 0 saturated heterocycles. The van der Waals surface area contributed by atoms with Gasteiger partial charge in [0.25, 0.3) is 30.8 Å². The predicted octanol–water partition coefficient (Wildman–Crippen LogP) is 12.2. The molecule has 0 fully saturated rings. The first-order chi connectivity index (χ1) is 54.8. The van der Waals surface area contributed by atoms with Gasteiger partial charge in [0.05, 0.1) is 37.9 Å². The van der Waals surface area contributed by atoms with E-state index in [2.05, 4.69) is 39.0 Å². The first-order valence-electron chi connectivity index (χ1n) is 36.8. The number of aryl methyl sites for hydroxylation is 1. The number of nitrogens with zero attached hydrogens (tertiary/aromatic N) is 11. The third-order valence-corrected chi connectivity index (χ3v) is 19.4. The molecule has 6 heterocycles. The Bertz CT molecular complexity index is 5170. The fraction of sp³-hybridized carbons (Fsp3) is 0.236. The third kappa shape index (κ3) is 17.5. The molecule has 3 aliphatic heterocycles. The average Bonchev–Trinajstić information content (AvgIpc) is 0.730. The summed E-state index contributed by atoms with van der Waals surface area (Å²) in [5.41, 5.74) is 8.18. The van der Waals surface area contributed by atoms with Gasteiger partial charge in [-0.2, -0.15) is 0 Å². The highest BCUT2D eigenvalue weighted by atomic mass is 16.5. The number of rotatable bonds is 27. The Hall–Kier alpha value is -13.3. The first kappa shape index (κ1) is 78.3. The van der Waals surface area contributed by atoms with Crippen LogP contribution in [0.25, 0.3) is 9.69 Å². The van der Waals surface area contributed by atoms with Crippen LogP contribution in [0.3, 0.4) is 0 Å².